The molecule has 6 rings (SSSR count). The second-order valence-corrected chi connectivity index (χ2v) is 14.1. The lowest BCUT2D eigenvalue weighted by molar-refractivity contribution is -0.268. The summed E-state index contributed by atoms with van der Waals surface area (Å²) in [6.07, 6.45) is -1.17. The number of ether oxygens (including phenoxy) is 2. The van der Waals surface area contributed by atoms with E-state index in [2.05, 4.69) is 22.4 Å². The van der Waals surface area contributed by atoms with Gasteiger partial charge in [-0.2, -0.15) is 0 Å². The SMILES string of the molecule is Cc1nnc(SC[C@@H]2O[C@H](c3ccc(-c4cccc(CNC(=O)c5c(F)c(F)c(F)c(F)c5F)c4)cc3)O[C@H](c3ccc(CO)cc3)[C@@H]2C)s1. The van der Waals surface area contributed by atoms with E-state index in [1.807, 2.05) is 61.5 Å². The van der Waals surface area contributed by atoms with Crippen molar-refractivity contribution in [2.45, 2.75) is 49.8 Å². The second-order valence-electron chi connectivity index (χ2n) is 11.7. The normalized spacial score (nSPS) is 19.0. The number of carbonyl (C=O) groups excluding carboxylic acids is 1. The van der Waals surface area contributed by atoms with Crippen LogP contribution in [-0.2, 0) is 22.6 Å². The van der Waals surface area contributed by atoms with Crippen molar-refractivity contribution in [2.75, 3.05) is 5.75 Å². The molecule has 1 aliphatic heterocycles. The number of benzene rings is 4. The summed E-state index contributed by atoms with van der Waals surface area (Å²) in [4.78, 5) is 12.4. The Morgan fingerprint density at radius 1 is 0.840 bits per heavy atom. The summed E-state index contributed by atoms with van der Waals surface area (Å²) in [5, 5.41) is 21.0. The molecule has 1 aromatic heterocycles. The minimum absolute atomic E-state index is 0.00987. The van der Waals surface area contributed by atoms with Gasteiger partial charge in [0.1, 0.15) is 10.6 Å². The number of amides is 1. The molecule has 5 aromatic rings. The van der Waals surface area contributed by atoms with Crippen LogP contribution in [0.1, 0.15) is 56.9 Å². The third-order valence-corrected chi connectivity index (χ3v) is 10.4. The fourth-order valence-electron chi connectivity index (χ4n) is 5.57. The third kappa shape index (κ3) is 7.59. The number of thioether (sulfide) groups is 1. The van der Waals surface area contributed by atoms with Gasteiger partial charge in [-0.3, -0.25) is 4.79 Å². The van der Waals surface area contributed by atoms with Crippen molar-refractivity contribution >= 4 is 29.0 Å². The quantitative estimate of drug-likeness (QED) is 0.0649. The average Bonchev–Trinajstić information content (AvgIpc) is 3.56. The first-order valence-corrected chi connectivity index (χ1v) is 17.3. The molecule has 2 N–H and O–H groups in total. The Morgan fingerprint density at radius 2 is 1.50 bits per heavy atom. The van der Waals surface area contributed by atoms with E-state index in [-0.39, 0.29) is 31.3 Å². The van der Waals surface area contributed by atoms with Gasteiger partial charge in [-0.15, -0.1) is 10.2 Å². The molecule has 1 aliphatic rings. The molecule has 50 heavy (non-hydrogen) atoms. The number of nitrogens with zero attached hydrogens (tertiary/aromatic N) is 2. The van der Waals surface area contributed by atoms with Crippen LogP contribution >= 0.6 is 23.1 Å². The number of carbonyl (C=O) groups is 1. The van der Waals surface area contributed by atoms with Gasteiger partial charge in [-0.05, 0) is 40.8 Å². The van der Waals surface area contributed by atoms with Crippen LogP contribution in [-0.4, -0.2) is 33.1 Å². The van der Waals surface area contributed by atoms with Gasteiger partial charge in [-0.1, -0.05) is 96.8 Å². The monoisotopic (exact) mass is 727 g/mol. The summed E-state index contributed by atoms with van der Waals surface area (Å²) in [6, 6.07) is 22.1. The minimum atomic E-state index is -2.34. The molecule has 0 bridgehead atoms. The van der Waals surface area contributed by atoms with Crippen LogP contribution in [0.4, 0.5) is 22.0 Å². The smallest absolute Gasteiger partial charge is 0.257 e. The fraction of sp³-hybridized carbons (Fsp3) is 0.250. The first kappa shape index (κ1) is 35.6. The zero-order chi connectivity index (χ0) is 35.5. The van der Waals surface area contributed by atoms with E-state index in [9.17, 15) is 31.9 Å². The van der Waals surface area contributed by atoms with Crippen LogP contribution in [0.2, 0.25) is 0 Å². The molecule has 260 valence electrons. The van der Waals surface area contributed by atoms with Crippen LogP contribution in [0.25, 0.3) is 11.1 Å². The molecule has 4 aromatic carbocycles. The molecular formula is C36H30F5N3O4S2. The number of aryl methyl sites for hydroxylation is 1. The van der Waals surface area contributed by atoms with Crippen molar-refractivity contribution in [1.29, 1.82) is 0 Å². The maximum atomic E-state index is 14.1. The van der Waals surface area contributed by atoms with Gasteiger partial charge in [-0.25, -0.2) is 22.0 Å². The van der Waals surface area contributed by atoms with Crippen LogP contribution in [0.3, 0.4) is 0 Å². The molecule has 1 amide bonds. The van der Waals surface area contributed by atoms with E-state index >= 15 is 0 Å². The van der Waals surface area contributed by atoms with Gasteiger partial charge in [0.25, 0.3) is 5.91 Å². The predicted molar refractivity (Wildman–Crippen MR) is 178 cm³/mol. The Morgan fingerprint density at radius 3 is 2.14 bits per heavy atom. The lowest BCUT2D eigenvalue weighted by Crippen LogP contribution is -2.38. The highest BCUT2D eigenvalue weighted by atomic mass is 32.2. The molecule has 0 unspecified atom stereocenters. The molecule has 1 saturated heterocycles. The van der Waals surface area contributed by atoms with E-state index in [0.29, 0.717) is 11.3 Å². The summed E-state index contributed by atoms with van der Waals surface area (Å²) in [7, 11) is 0. The van der Waals surface area contributed by atoms with Crippen LogP contribution in [0.15, 0.2) is 77.1 Å². The Hall–Kier alpha value is -4.21. The first-order valence-electron chi connectivity index (χ1n) is 15.5. The lowest BCUT2D eigenvalue weighted by Gasteiger charge is -2.41. The molecule has 0 spiro atoms. The van der Waals surface area contributed by atoms with Gasteiger partial charge in [0.15, 0.2) is 33.9 Å². The fourth-order valence-corrected chi connectivity index (χ4v) is 7.57. The summed E-state index contributed by atoms with van der Waals surface area (Å²) in [5.41, 5.74) is 3.08. The molecule has 0 aliphatic carbocycles. The highest BCUT2D eigenvalue weighted by Crippen LogP contribution is 2.43. The summed E-state index contributed by atoms with van der Waals surface area (Å²) in [5.74, 6) is -11.9. The van der Waals surface area contributed by atoms with Crippen molar-refractivity contribution in [1.82, 2.24) is 15.5 Å². The Kier molecular flexibility index (Phi) is 10.9. The lowest BCUT2D eigenvalue weighted by atomic mass is 9.91. The van der Waals surface area contributed by atoms with Crippen molar-refractivity contribution in [3.8, 4) is 11.1 Å². The van der Waals surface area contributed by atoms with Crippen LogP contribution in [0.5, 0.6) is 0 Å². The predicted octanol–water partition coefficient (Wildman–Crippen LogP) is 8.22. The highest BCUT2D eigenvalue weighted by Gasteiger charge is 2.38. The number of halogens is 5. The first-order chi connectivity index (χ1) is 24.0. The van der Waals surface area contributed by atoms with E-state index in [1.165, 1.54) is 11.3 Å². The topological polar surface area (TPSA) is 93.6 Å². The van der Waals surface area contributed by atoms with Crippen molar-refractivity contribution < 1.29 is 41.3 Å². The third-order valence-electron chi connectivity index (χ3n) is 8.34. The van der Waals surface area contributed by atoms with E-state index < -0.39 is 46.8 Å². The average molecular weight is 728 g/mol. The van der Waals surface area contributed by atoms with Gasteiger partial charge in [0, 0.05) is 23.8 Å². The van der Waals surface area contributed by atoms with E-state index in [0.717, 1.165) is 37.2 Å². The molecule has 0 saturated carbocycles. The standard InChI is InChI=1S/C36H30F5N3O4S2/c1-18-26(17-49-36-44-43-19(2)50-36)47-35(48-33(18)23-8-6-20(16-45)7-9-23)24-12-10-22(11-13-24)25-5-3-4-21(14-25)15-42-34(46)27-28(37)30(39)32(41)31(40)29(27)38/h3-14,18,26,33,35,45H,15-17H2,1-2H3,(H,42,46)/t18-,26+,33+,35+/m1/s1. The number of hydrogen-bond donors (Lipinski definition) is 2. The van der Waals surface area contributed by atoms with Crippen LogP contribution in [0, 0.1) is 41.9 Å². The second kappa shape index (κ2) is 15.4. The zero-order valence-electron chi connectivity index (χ0n) is 26.6. The number of aliphatic hydroxyl groups is 1. The minimum Gasteiger partial charge on any atom is -0.392 e. The molecule has 7 nitrogen and oxygen atoms in total. The maximum absolute atomic E-state index is 14.1. The van der Waals surface area contributed by atoms with Gasteiger partial charge >= 0.3 is 0 Å². The van der Waals surface area contributed by atoms with Crippen molar-refractivity contribution in [3.05, 3.63) is 135 Å². The Labute approximate surface area is 292 Å². The van der Waals surface area contributed by atoms with Gasteiger partial charge in [0.05, 0.1) is 18.8 Å². The molecule has 2 heterocycles. The summed E-state index contributed by atoms with van der Waals surface area (Å²) < 4.78 is 82.7. The maximum Gasteiger partial charge on any atom is 0.257 e. The van der Waals surface area contributed by atoms with Gasteiger partial charge < -0.3 is 19.9 Å². The number of hydrogen-bond acceptors (Lipinski definition) is 8. The Balaban J connectivity index is 1.18. The molecule has 14 heteroatoms. The van der Waals surface area contributed by atoms with Crippen molar-refractivity contribution in [3.63, 3.8) is 0 Å². The largest absolute Gasteiger partial charge is 0.392 e. The summed E-state index contributed by atoms with van der Waals surface area (Å²) in [6.45, 7) is 3.69. The number of rotatable bonds is 10. The molecule has 0 radical (unpaired) electrons. The molecular weight excluding hydrogens is 698 g/mol. The number of aliphatic hydroxyl groups excluding tert-OH is 1. The highest BCUT2D eigenvalue weighted by molar-refractivity contribution is 8.01. The number of aromatic nitrogens is 2. The molecule has 4 atom stereocenters. The summed E-state index contributed by atoms with van der Waals surface area (Å²) >= 11 is 3.10. The zero-order valence-corrected chi connectivity index (χ0v) is 28.3. The number of nitrogens with one attached hydrogen (secondary N) is 1. The van der Waals surface area contributed by atoms with Gasteiger partial charge in [0.2, 0.25) is 5.82 Å². The molecule has 1 fully saturated rings. The van der Waals surface area contributed by atoms with Crippen LogP contribution < -0.4 is 5.32 Å². The van der Waals surface area contributed by atoms with Crippen molar-refractivity contribution in [2.24, 2.45) is 5.92 Å². The van der Waals surface area contributed by atoms with E-state index in [4.69, 9.17) is 9.47 Å². The van der Waals surface area contributed by atoms with E-state index in [1.54, 1.807) is 30.0 Å². The Bertz CT molecular complexity index is 1970.